The third-order valence-electron chi connectivity index (χ3n) is 3.37. The summed E-state index contributed by atoms with van der Waals surface area (Å²) >= 11 is 5.33. The lowest BCUT2D eigenvalue weighted by atomic mass is 9.80. The fourth-order valence-electron chi connectivity index (χ4n) is 2.81. The SMILES string of the molecule is CC1CC(C)CC(NCc2cc(Br)cs2)C1. The molecule has 0 spiro atoms. The molecule has 1 aliphatic carbocycles. The Hall–Kier alpha value is 0.140. The smallest absolute Gasteiger partial charge is 0.0302 e. The van der Waals surface area contributed by atoms with Crippen molar-refractivity contribution in [3.05, 3.63) is 20.8 Å². The van der Waals surface area contributed by atoms with Gasteiger partial charge in [0.15, 0.2) is 0 Å². The topological polar surface area (TPSA) is 12.0 Å². The van der Waals surface area contributed by atoms with Gasteiger partial charge in [0.05, 0.1) is 0 Å². The molecule has 1 nitrogen and oxygen atoms in total. The standard InChI is InChI=1S/C13H20BrNS/c1-9-3-10(2)5-12(4-9)15-7-13-6-11(14)8-16-13/h6,8-10,12,15H,3-5,7H2,1-2H3. The molecule has 2 unspecified atom stereocenters. The van der Waals surface area contributed by atoms with Crippen LogP contribution in [0.3, 0.4) is 0 Å². The van der Waals surface area contributed by atoms with E-state index in [0.717, 1.165) is 24.4 Å². The van der Waals surface area contributed by atoms with Crippen molar-refractivity contribution in [2.45, 2.75) is 45.7 Å². The predicted octanol–water partition coefficient (Wildman–Crippen LogP) is 4.42. The van der Waals surface area contributed by atoms with Gasteiger partial charge in [-0.2, -0.15) is 0 Å². The number of halogens is 1. The van der Waals surface area contributed by atoms with Crippen LogP contribution in [0.25, 0.3) is 0 Å². The van der Waals surface area contributed by atoms with E-state index in [1.165, 1.54) is 28.6 Å². The number of nitrogens with one attached hydrogen (secondary N) is 1. The van der Waals surface area contributed by atoms with E-state index in [-0.39, 0.29) is 0 Å². The van der Waals surface area contributed by atoms with Gasteiger partial charge in [-0.15, -0.1) is 11.3 Å². The van der Waals surface area contributed by atoms with E-state index in [1.54, 1.807) is 0 Å². The highest BCUT2D eigenvalue weighted by Crippen LogP contribution is 2.29. The molecule has 16 heavy (non-hydrogen) atoms. The quantitative estimate of drug-likeness (QED) is 0.871. The summed E-state index contributed by atoms with van der Waals surface area (Å²) in [6.07, 6.45) is 4.09. The molecule has 1 heterocycles. The van der Waals surface area contributed by atoms with E-state index in [1.807, 2.05) is 11.3 Å². The highest BCUT2D eigenvalue weighted by Gasteiger charge is 2.23. The van der Waals surface area contributed by atoms with E-state index >= 15 is 0 Å². The van der Waals surface area contributed by atoms with Crippen LogP contribution in [0.4, 0.5) is 0 Å². The first-order chi connectivity index (χ1) is 7.63. The van der Waals surface area contributed by atoms with Crippen molar-refractivity contribution < 1.29 is 0 Å². The van der Waals surface area contributed by atoms with Gasteiger partial charge in [0.25, 0.3) is 0 Å². The van der Waals surface area contributed by atoms with Crippen molar-refractivity contribution in [1.82, 2.24) is 5.32 Å². The second-order valence-corrected chi connectivity index (χ2v) is 7.14. The largest absolute Gasteiger partial charge is 0.309 e. The monoisotopic (exact) mass is 301 g/mol. The zero-order chi connectivity index (χ0) is 11.5. The molecule has 2 atom stereocenters. The summed E-state index contributed by atoms with van der Waals surface area (Å²) in [6, 6.07) is 2.94. The molecule has 1 saturated carbocycles. The first-order valence-corrected chi connectivity index (χ1v) is 7.77. The molecule has 0 aromatic carbocycles. The van der Waals surface area contributed by atoms with Gasteiger partial charge in [-0.25, -0.2) is 0 Å². The minimum Gasteiger partial charge on any atom is -0.309 e. The summed E-state index contributed by atoms with van der Waals surface area (Å²) in [4.78, 5) is 1.43. The van der Waals surface area contributed by atoms with Gasteiger partial charge in [-0.05, 0) is 53.1 Å². The highest BCUT2D eigenvalue weighted by atomic mass is 79.9. The summed E-state index contributed by atoms with van der Waals surface area (Å²) in [6.45, 7) is 5.79. The lowest BCUT2D eigenvalue weighted by Gasteiger charge is -2.32. The normalized spacial score (nSPS) is 30.6. The van der Waals surface area contributed by atoms with Gasteiger partial charge in [0.1, 0.15) is 0 Å². The Morgan fingerprint density at radius 3 is 2.56 bits per heavy atom. The summed E-state index contributed by atoms with van der Waals surface area (Å²) in [5, 5.41) is 5.86. The van der Waals surface area contributed by atoms with Gasteiger partial charge in [0.2, 0.25) is 0 Å². The third-order valence-corrected chi connectivity index (χ3v) is 5.06. The van der Waals surface area contributed by atoms with Crippen LogP contribution in [0.2, 0.25) is 0 Å². The Morgan fingerprint density at radius 1 is 1.31 bits per heavy atom. The molecule has 0 bridgehead atoms. The zero-order valence-electron chi connectivity index (χ0n) is 10.0. The van der Waals surface area contributed by atoms with Crippen molar-refractivity contribution in [2.24, 2.45) is 11.8 Å². The minimum atomic E-state index is 0.722. The van der Waals surface area contributed by atoms with E-state index in [9.17, 15) is 0 Å². The van der Waals surface area contributed by atoms with Crippen LogP contribution in [0.5, 0.6) is 0 Å². The van der Waals surface area contributed by atoms with Crippen LogP contribution in [-0.2, 0) is 6.54 Å². The van der Waals surface area contributed by atoms with Crippen molar-refractivity contribution in [2.75, 3.05) is 0 Å². The Labute approximate surface area is 111 Å². The van der Waals surface area contributed by atoms with Crippen molar-refractivity contribution in [3.8, 4) is 0 Å². The fraction of sp³-hybridized carbons (Fsp3) is 0.692. The molecule has 1 aromatic heterocycles. The lowest BCUT2D eigenvalue weighted by Crippen LogP contribution is -2.35. The van der Waals surface area contributed by atoms with Crippen molar-refractivity contribution in [1.29, 1.82) is 0 Å². The Morgan fingerprint density at radius 2 is 2.00 bits per heavy atom. The molecule has 0 radical (unpaired) electrons. The van der Waals surface area contributed by atoms with E-state index < -0.39 is 0 Å². The molecule has 1 N–H and O–H groups in total. The molecular weight excluding hydrogens is 282 g/mol. The average molecular weight is 302 g/mol. The third kappa shape index (κ3) is 3.57. The fourth-order valence-corrected chi connectivity index (χ4v) is 4.21. The van der Waals surface area contributed by atoms with Gasteiger partial charge < -0.3 is 5.32 Å². The highest BCUT2D eigenvalue weighted by molar-refractivity contribution is 9.10. The first kappa shape index (κ1) is 12.6. The number of thiophene rings is 1. The maximum absolute atomic E-state index is 3.70. The van der Waals surface area contributed by atoms with Crippen LogP contribution in [0.15, 0.2) is 15.9 Å². The van der Waals surface area contributed by atoms with E-state index in [2.05, 4.69) is 46.5 Å². The van der Waals surface area contributed by atoms with Crippen molar-refractivity contribution in [3.63, 3.8) is 0 Å². The lowest BCUT2D eigenvalue weighted by molar-refractivity contribution is 0.238. The Balaban J connectivity index is 1.81. The Bertz CT molecular complexity index is 326. The molecule has 1 aromatic rings. The van der Waals surface area contributed by atoms with E-state index in [0.29, 0.717) is 0 Å². The molecule has 0 aliphatic heterocycles. The van der Waals surface area contributed by atoms with Crippen LogP contribution < -0.4 is 5.32 Å². The summed E-state index contributed by atoms with van der Waals surface area (Å²) in [5.74, 6) is 1.77. The molecule has 3 heteroatoms. The van der Waals surface area contributed by atoms with Gasteiger partial charge in [-0.3, -0.25) is 0 Å². The molecule has 1 aliphatic rings. The minimum absolute atomic E-state index is 0.722. The molecule has 0 amide bonds. The molecule has 90 valence electrons. The molecule has 1 fully saturated rings. The maximum Gasteiger partial charge on any atom is 0.0302 e. The van der Waals surface area contributed by atoms with Gasteiger partial charge in [-0.1, -0.05) is 13.8 Å². The van der Waals surface area contributed by atoms with Crippen LogP contribution in [0.1, 0.15) is 38.0 Å². The number of rotatable bonds is 3. The summed E-state index contributed by atoms with van der Waals surface area (Å²) in [7, 11) is 0. The predicted molar refractivity (Wildman–Crippen MR) is 74.8 cm³/mol. The van der Waals surface area contributed by atoms with Crippen LogP contribution in [-0.4, -0.2) is 6.04 Å². The van der Waals surface area contributed by atoms with Crippen molar-refractivity contribution >= 4 is 27.3 Å². The number of hydrogen-bond acceptors (Lipinski definition) is 2. The maximum atomic E-state index is 3.70. The second-order valence-electron chi connectivity index (χ2n) is 5.23. The van der Waals surface area contributed by atoms with E-state index in [4.69, 9.17) is 0 Å². The summed E-state index contributed by atoms with van der Waals surface area (Å²) < 4.78 is 1.21. The van der Waals surface area contributed by atoms with Gasteiger partial charge in [0, 0.05) is 27.3 Å². The molecule has 2 rings (SSSR count). The average Bonchev–Trinajstić information content (AvgIpc) is 2.60. The zero-order valence-corrected chi connectivity index (χ0v) is 12.4. The first-order valence-electron chi connectivity index (χ1n) is 6.09. The molecule has 0 saturated heterocycles. The number of hydrogen-bond donors (Lipinski definition) is 1. The molecular formula is C13H20BrNS. The second kappa shape index (κ2) is 5.65. The summed E-state index contributed by atoms with van der Waals surface area (Å²) in [5.41, 5.74) is 0. The Kier molecular flexibility index (Phi) is 4.45. The van der Waals surface area contributed by atoms with Gasteiger partial charge >= 0.3 is 0 Å². The van der Waals surface area contributed by atoms with Crippen LogP contribution in [0, 0.1) is 11.8 Å². The van der Waals surface area contributed by atoms with Crippen LogP contribution >= 0.6 is 27.3 Å².